The smallest absolute Gasteiger partial charge is 0.273 e. The van der Waals surface area contributed by atoms with E-state index in [1.807, 2.05) is 6.92 Å². The number of non-ortho nitro benzene ring substituents is 1. The fourth-order valence-electron chi connectivity index (χ4n) is 2.70. The molecule has 0 aromatic heterocycles. The number of nitrogens with one attached hydrogen (secondary N) is 2. The maximum Gasteiger partial charge on any atom is 0.273 e. The van der Waals surface area contributed by atoms with Gasteiger partial charge in [-0.05, 0) is 19.4 Å². The van der Waals surface area contributed by atoms with Gasteiger partial charge in [0.15, 0.2) is 0 Å². The molecule has 0 amide bonds. The van der Waals surface area contributed by atoms with Crippen molar-refractivity contribution in [2.75, 3.05) is 17.3 Å². The number of rotatable bonds is 6. The summed E-state index contributed by atoms with van der Waals surface area (Å²) in [6.45, 7) is 6.94. The molecule has 1 aromatic carbocycles. The van der Waals surface area contributed by atoms with E-state index >= 15 is 0 Å². The lowest BCUT2D eigenvalue weighted by Gasteiger charge is -2.52. The number of ether oxygens (including phenoxy) is 1. The summed E-state index contributed by atoms with van der Waals surface area (Å²) in [6, 6.07) is 4.89. The summed E-state index contributed by atoms with van der Waals surface area (Å²) in [4.78, 5) is 10.5. The average Bonchev–Trinajstić information content (AvgIpc) is 2.45. The lowest BCUT2D eigenvalue weighted by Crippen LogP contribution is -2.58. The lowest BCUT2D eigenvalue weighted by atomic mass is 9.64. The number of nitro groups is 1. The summed E-state index contributed by atoms with van der Waals surface area (Å²) in [6.07, 6.45) is 1.10. The highest BCUT2D eigenvalue weighted by atomic mass is 16.6. The molecular formula is C14H22N4O3. The second-order valence-electron chi connectivity index (χ2n) is 5.87. The van der Waals surface area contributed by atoms with Gasteiger partial charge in [0.2, 0.25) is 0 Å². The van der Waals surface area contributed by atoms with E-state index in [1.54, 1.807) is 6.07 Å². The maximum atomic E-state index is 10.9. The van der Waals surface area contributed by atoms with Crippen LogP contribution in [-0.4, -0.2) is 23.7 Å². The summed E-state index contributed by atoms with van der Waals surface area (Å²) in [5, 5.41) is 14.3. The Morgan fingerprint density at radius 1 is 1.43 bits per heavy atom. The van der Waals surface area contributed by atoms with Crippen molar-refractivity contribution >= 4 is 17.1 Å². The summed E-state index contributed by atoms with van der Waals surface area (Å²) >= 11 is 0. The van der Waals surface area contributed by atoms with Crippen LogP contribution in [0.25, 0.3) is 0 Å². The highest BCUT2D eigenvalue weighted by Gasteiger charge is 2.48. The first-order valence-electron chi connectivity index (χ1n) is 7.02. The van der Waals surface area contributed by atoms with Crippen LogP contribution in [0.2, 0.25) is 0 Å². The van der Waals surface area contributed by atoms with Gasteiger partial charge in [0.1, 0.15) is 0 Å². The van der Waals surface area contributed by atoms with Crippen molar-refractivity contribution in [3.63, 3.8) is 0 Å². The number of benzene rings is 1. The van der Waals surface area contributed by atoms with Crippen molar-refractivity contribution in [1.29, 1.82) is 0 Å². The predicted octanol–water partition coefficient (Wildman–Crippen LogP) is 2.50. The van der Waals surface area contributed by atoms with Crippen molar-refractivity contribution in [3.8, 4) is 0 Å². The Bertz CT molecular complexity index is 533. The minimum atomic E-state index is -0.430. The Labute approximate surface area is 124 Å². The van der Waals surface area contributed by atoms with E-state index in [0.29, 0.717) is 18.0 Å². The van der Waals surface area contributed by atoms with Gasteiger partial charge in [-0.15, -0.1) is 0 Å². The van der Waals surface area contributed by atoms with Crippen molar-refractivity contribution < 1.29 is 9.66 Å². The molecule has 0 aliphatic heterocycles. The quantitative estimate of drug-likeness (QED) is 0.423. The highest BCUT2D eigenvalue weighted by Crippen LogP contribution is 2.44. The first-order valence-corrected chi connectivity index (χ1v) is 7.02. The molecule has 1 fully saturated rings. The molecule has 21 heavy (non-hydrogen) atoms. The first kappa shape index (κ1) is 15.5. The molecule has 1 saturated carbocycles. The number of hydrazine groups is 1. The summed E-state index contributed by atoms with van der Waals surface area (Å²) in [5.74, 6) is 5.36. The number of nitrogens with two attached hydrogens (primary N) is 1. The fourth-order valence-corrected chi connectivity index (χ4v) is 2.70. The van der Waals surface area contributed by atoms with E-state index in [1.165, 1.54) is 12.1 Å². The van der Waals surface area contributed by atoms with E-state index in [2.05, 4.69) is 24.6 Å². The van der Waals surface area contributed by atoms with Gasteiger partial charge < -0.3 is 15.5 Å². The summed E-state index contributed by atoms with van der Waals surface area (Å²) in [7, 11) is 0. The molecule has 0 bridgehead atoms. The molecule has 7 heteroatoms. The van der Waals surface area contributed by atoms with Gasteiger partial charge >= 0.3 is 0 Å². The van der Waals surface area contributed by atoms with Crippen LogP contribution in [0, 0.1) is 15.5 Å². The number of nitro benzene ring substituents is 1. The Morgan fingerprint density at radius 2 is 2.10 bits per heavy atom. The van der Waals surface area contributed by atoms with Crippen molar-refractivity contribution in [2.45, 2.75) is 39.3 Å². The minimum Gasteiger partial charge on any atom is -0.381 e. The molecular weight excluding hydrogens is 272 g/mol. The van der Waals surface area contributed by atoms with Gasteiger partial charge in [-0.3, -0.25) is 16.0 Å². The summed E-state index contributed by atoms with van der Waals surface area (Å²) in [5.41, 5.74) is 3.63. The molecule has 1 aliphatic carbocycles. The van der Waals surface area contributed by atoms with E-state index < -0.39 is 4.92 Å². The molecule has 2 unspecified atom stereocenters. The van der Waals surface area contributed by atoms with Crippen LogP contribution in [0.15, 0.2) is 18.2 Å². The highest BCUT2D eigenvalue weighted by molar-refractivity contribution is 5.63. The molecule has 2 atom stereocenters. The van der Waals surface area contributed by atoms with Crippen LogP contribution >= 0.6 is 0 Å². The topological polar surface area (TPSA) is 102 Å². The van der Waals surface area contributed by atoms with Gasteiger partial charge in [0, 0.05) is 35.9 Å². The number of anilines is 2. The number of nitrogens with zero attached hydrogens (tertiary/aromatic N) is 1. The Kier molecular flexibility index (Phi) is 4.34. The predicted molar refractivity (Wildman–Crippen MR) is 82.1 cm³/mol. The van der Waals surface area contributed by atoms with Crippen LogP contribution in [0.3, 0.4) is 0 Å². The van der Waals surface area contributed by atoms with Crippen LogP contribution < -0.4 is 16.6 Å². The van der Waals surface area contributed by atoms with Crippen molar-refractivity contribution in [2.24, 2.45) is 11.3 Å². The van der Waals surface area contributed by atoms with Crippen LogP contribution in [0.1, 0.15) is 27.2 Å². The molecule has 0 radical (unpaired) electrons. The Hall–Kier alpha value is -1.86. The third kappa shape index (κ3) is 3.08. The SMILES string of the molecule is CCOC1CC(Nc2cc(NN)cc([N+](=O)[O-])c2)C1(C)C. The molecule has 4 N–H and O–H groups in total. The van der Waals surface area contributed by atoms with Gasteiger partial charge in [0.05, 0.1) is 16.7 Å². The van der Waals surface area contributed by atoms with Crippen LogP contribution in [0.5, 0.6) is 0 Å². The largest absolute Gasteiger partial charge is 0.381 e. The molecule has 0 spiro atoms. The van der Waals surface area contributed by atoms with Gasteiger partial charge in [-0.1, -0.05) is 13.8 Å². The van der Waals surface area contributed by atoms with Crippen molar-refractivity contribution in [1.82, 2.24) is 0 Å². The second kappa shape index (κ2) is 5.87. The van der Waals surface area contributed by atoms with E-state index in [-0.39, 0.29) is 23.2 Å². The molecule has 1 aliphatic rings. The van der Waals surface area contributed by atoms with E-state index in [4.69, 9.17) is 10.6 Å². The maximum absolute atomic E-state index is 10.9. The van der Waals surface area contributed by atoms with Crippen molar-refractivity contribution in [3.05, 3.63) is 28.3 Å². The zero-order valence-electron chi connectivity index (χ0n) is 12.6. The third-order valence-corrected chi connectivity index (χ3v) is 4.18. The van der Waals surface area contributed by atoms with E-state index in [0.717, 1.165) is 6.42 Å². The minimum absolute atomic E-state index is 0.00596. The molecule has 1 aromatic rings. The molecule has 116 valence electrons. The standard InChI is InChI=1S/C14H22N4O3/c1-4-21-13-8-12(14(13,2)3)16-9-5-10(17-15)7-11(6-9)18(19)20/h5-7,12-13,16-17H,4,8,15H2,1-3H3. The third-order valence-electron chi connectivity index (χ3n) is 4.18. The Balaban J connectivity index is 2.13. The monoisotopic (exact) mass is 294 g/mol. The summed E-state index contributed by atoms with van der Waals surface area (Å²) < 4.78 is 5.69. The average molecular weight is 294 g/mol. The molecule has 7 nitrogen and oxygen atoms in total. The number of hydrogen-bond acceptors (Lipinski definition) is 6. The molecule has 2 rings (SSSR count). The second-order valence-corrected chi connectivity index (χ2v) is 5.87. The molecule has 0 heterocycles. The Morgan fingerprint density at radius 3 is 2.62 bits per heavy atom. The number of hydrogen-bond donors (Lipinski definition) is 3. The van der Waals surface area contributed by atoms with Crippen LogP contribution in [0.4, 0.5) is 17.1 Å². The number of nitrogen functional groups attached to an aromatic ring is 1. The zero-order chi connectivity index (χ0) is 15.6. The first-order chi connectivity index (χ1) is 9.88. The van der Waals surface area contributed by atoms with E-state index in [9.17, 15) is 10.1 Å². The fraction of sp³-hybridized carbons (Fsp3) is 0.571. The van der Waals surface area contributed by atoms with Gasteiger partial charge in [-0.2, -0.15) is 0 Å². The molecule has 0 saturated heterocycles. The normalized spacial score (nSPS) is 23.2. The van der Waals surface area contributed by atoms with Crippen LogP contribution in [-0.2, 0) is 4.74 Å². The lowest BCUT2D eigenvalue weighted by molar-refractivity contribution is -0.384. The van der Waals surface area contributed by atoms with Gasteiger partial charge in [0.25, 0.3) is 5.69 Å². The van der Waals surface area contributed by atoms with Gasteiger partial charge in [-0.25, -0.2) is 0 Å². The zero-order valence-corrected chi connectivity index (χ0v) is 12.6.